The van der Waals surface area contributed by atoms with E-state index in [1.165, 1.54) is 6.33 Å². The smallest absolute Gasteiger partial charge is 0.238 e. The molecule has 1 atom stereocenters. The summed E-state index contributed by atoms with van der Waals surface area (Å²) in [5, 5.41) is 8.64. The first-order valence-electron chi connectivity index (χ1n) is 13.2. The van der Waals surface area contributed by atoms with Gasteiger partial charge in [0.2, 0.25) is 5.91 Å². The van der Waals surface area contributed by atoms with Gasteiger partial charge in [0.25, 0.3) is 0 Å². The zero-order valence-electron chi connectivity index (χ0n) is 21.9. The number of piperidine rings is 1. The highest BCUT2D eigenvalue weighted by Gasteiger charge is 2.27. The molecule has 0 spiro atoms. The first-order valence-corrected chi connectivity index (χ1v) is 13.2. The number of aromatic nitrogens is 4. The quantitative estimate of drug-likeness (QED) is 0.255. The maximum atomic E-state index is 12.8. The maximum absolute atomic E-state index is 12.8. The van der Waals surface area contributed by atoms with Gasteiger partial charge in [-0.1, -0.05) is 30.3 Å². The van der Waals surface area contributed by atoms with Crippen molar-refractivity contribution in [1.82, 2.24) is 24.6 Å². The van der Waals surface area contributed by atoms with Crippen LogP contribution < -0.4 is 21.5 Å². The van der Waals surface area contributed by atoms with E-state index in [9.17, 15) is 4.79 Å². The number of para-hydroxylation sites is 3. The molecule has 3 aromatic carbocycles. The van der Waals surface area contributed by atoms with Crippen molar-refractivity contribution in [2.45, 2.75) is 18.9 Å². The Kier molecular flexibility index (Phi) is 6.98. The fourth-order valence-electron chi connectivity index (χ4n) is 5.14. The van der Waals surface area contributed by atoms with Gasteiger partial charge in [0.1, 0.15) is 29.3 Å². The normalized spacial score (nSPS) is 15.7. The summed E-state index contributed by atoms with van der Waals surface area (Å²) in [4.78, 5) is 23.7. The summed E-state index contributed by atoms with van der Waals surface area (Å²) in [6, 6.07) is 24.7. The lowest BCUT2D eigenvalue weighted by Gasteiger charge is -2.32. The van der Waals surface area contributed by atoms with Crippen molar-refractivity contribution >= 4 is 34.1 Å². The van der Waals surface area contributed by atoms with Crippen LogP contribution in [0.4, 0.5) is 17.2 Å². The fraction of sp³-hybridized carbons (Fsp3) is 0.200. The van der Waals surface area contributed by atoms with E-state index in [1.807, 2.05) is 71.4 Å². The number of nitrogens with two attached hydrogens (primary N) is 2. The molecular formula is C30H30N8O2. The number of anilines is 3. The summed E-state index contributed by atoms with van der Waals surface area (Å²) in [7, 11) is 0. The maximum Gasteiger partial charge on any atom is 0.238 e. The highest BCUT2D eigenvalue weighted by atomic mass is 16.5. The third-order valence-corrected chi connectivity index (χ3v) is 7.05. The topological polar surface area (TPSA) is 137 Å². The molecule has 0 bridgehead atoms. The molecule has 0 aliphatic carbocycles. The third-order valence-electron chi connectivity index (χ3n) is 7.05. The Bertz CT molecular complexity index is 1640. The Morgan fingerprint density at radius 3 is 2.50 bits per heavy atom. The number of hydrogen-bond donors (Lipinski definition) is 3. The molecule has 1 fully saturated rings. The lowest BCUT2D eigenvalue weighted by molar-refractivity contribution is -0.117. The van der Waals surface area contributed by atoms with Gasteiger partial charge in [-0.25, -0.2) is 14.6 Å². The summed E-state index contributed by atoms with van der Waals surface area (Å²) < 4.78 is 7.89. The van der Waals surface area contributed by atoms with Gasteiger partial charge in [0, 0.05) is 12.1 Å². The number of likely N-dealkylation sites (tertiary alicyclic amines) is 1. The van der Waals surface area contributed by atoms with Crippen LogP contribution in [0.15, 0.2) is 85.2 Å². The first kappa shape index (κ1) is 25.3. The van der Waals surface area contributed by atoms with E-state index in [4.69, 9.17) is 21.3 Å². The van der Waals surface area contributed by atoms with E-state index in [0.29, 0.717) is 40.5 Å². The van der Waals surface area contributed by atoms with Gasteiger partial charge >= 0.3 is 0 Å². The number of nitrogen functional groups attached to an aromatic ring is 2. The number of nitrogens with zero attached hydrogens (tertiary/aromatic N) is 5. The predicted molar refractivity (Wildman–Crippen MR) is 156 cm³/mol. The number of carbonyl (C=O) groups excluding carboxylic acids is 1. The van der Waals surface area contributed by atoms with Crippen LogP contribution in [0.1, 0.15) is 18.9 Å². The Morgan fingerprint density at radius 2 is 1.70 bits per heavy atom. The Balaban J connectivity index is 1.23. The van der Waals surface area contributed by atoms with Gasteiger partial charge in [0.15, 0.2) is 5.65 Å². The average Bonchev–Trinajstić information content (AvgIpc) is 3.36. The molecule has 1 aliphatic rings. The van der Waals surface area contributed by atoms with Crippen LogP contribution in [0.2, 0.25) is 0 Å². The fourth-order valence-corrected chi connectivity index (χ4v) is 5.14. The van der Waals surface area contributed by atoms with Crippen LogP contribution in [-0.4, -0.2) is 50.2 Å². The zero-order chi connectivity index (χ0) is 27.5. The van der Waals surface area contributed by atoms with Crippen LogP contribution in [0.5, 0.6) is 11.5 Å². The molecule has 6 rings (SSSR count). The molecule has 10 nitrogen and oxygen atoms in total. The van der Waals surface area contributed by atoms with Crippen molar-refractivity contribution in [2.75, 3.05) is 36.4 Å². The second kappa shape index (κ2) is 11.0. The van der Waals surface area contributed by atoms with E-state index in [0.717, 1.165) is 36.4 Å². The second-order valence-electron chi connectivity index (χ2n) is 9.86. The van der Waals surface area contributed by atoms with Gasteiger partial charge in [0.05, 0.1) is 29.3 Å². The number of ether oxygens (including phenoxy) is 1. The summed E-state index contributed by atoms with van der Waals surface area (Å²) in [5.74, 6) is 1.77. The number of benzene rings is 3. The van der Waals surface area contributed by atoms with Gasteiger partial charge in [-0.3, -0.25) is 9.69 Å². The number of nitrogens with one attached hydrogen (secondary N) is 1. The molecule has 1 unspecified atom stereocenters. The van der Waals surface area contributed by atoms with Crippen molar-refractivity contribution < 1.29 is 9.53 Å². The van der Waals surface area contributed by atoms with E-state index < -0.39 is 0 Å². The number of rotatable bonds is 7. The van der Waals surface area contributed by atoms with Gasteiger partial charge in [-0.2, -0.15) is 5.10 Å². The Morgan fingerprint density at radius 1 is 0.950 bits per heavy atom. The van der Waals surface area contributed by atoms with Crippen LogP contribution in [0.25, 0.3) is 22.3 Å². The zero-order valence-corrected chi connectivity index (χ0v) is 21.9. The molecule has 1 aliphatic heterocycles. The summed E-state index contributed by atoms with van der Waals surface area (Å²) in [5.41, 5.74) is 15.8. The number of fused-ring (bicyclic) bond motifs is 1. The second-order valence-corrected chi connectivity index (χ2v) is 9.86. The van der Waals surface area contributed by atoms with Crippen LogP contribution in [-0.2, 0) is 4.79 Å². The van der Waals surface area contributed by atoms with Crippen molar-refractivity contribution in [3.8, 4) is 22.8 Å². The van der Waals surface area contributed by atoms with E-state index in [2.05, 4.69) is 20.2 Å². The third kappa shape index (κ3) is 5.29. The van der Waals surface area contributed by atoms with Gasteiger partial charge in [-0.05, 0) is 67.9 Å². The first-order chi connectivity index (χ1) is 19.5. The summed E-state index contributed by atoms with van der Waals surface area (Å²) >= 11 is 0. The standard InChI is InChI=1S/C30H30N8O2/c31-24-10-4-5-11-25(24)35-26(39)18-37-16-6-7-21(17-37)38-30-27(29(32)33-19-34-30)28(36-38)20-12-14-23(15-13-20)40-22-8-2-1-3-9-22/h1-5,8-15,19,21H,6-7,16-18,31H2,(H,35,39)(H2,32,33,34). The van der Waals surface area contributed by atoms with Crippen LogP contribution in [0, 0.1) is 0 Å². The molecule has 202 valence electrons. The molecule has 5 aromatic rings. The molecule has 1 saturated heterocycles. The number of amides is 1. The minimum Gasteiger partial charge on any atom is -0.457 e. The molecule has 0 radical (unpaired) electrons. The van der Waals surface area contributed by atoms with Gasteiger partial charge < -0.3 is 21.5 Å². The lowest BCUT2D eigenvalue weighted by Crippen LogP contribution is -2.41. The van der Waals surface area contributed by atoms with E-state index >= 15 is 0 Å². The Hall–Kier alpha value is -4.96. The minimum absolute atomic E-state index is 0.0228. The SMILES string of the molecule is Nc1ccccc1NC(=O)CN1CCCC(n2nc(-c3ccc(Oc4ccccc4)cc3)c3c(N)ncnc32)C1. The highest BCUT2D eigenvalue weighted by Crippen LogP contribution is 2.35. The molecular weight excluding hydrogens is 504 g/mol. The molecule has 5 N–H and O–H groups in total. The molecule has 3 heterocycles. The minimum atomic E-state index is -0.103. The molecule has 1 amide bonds. The molecule has 10 heteroatoms. The van der Waals surface area contributed by atoms with E-state index in [1.54, 1.807) is 12.1 Å². The van der Waals surface area contributed by atoms with Crippen molar-refractivity contribution in [3.05, 3.63) is 85.2 Å². The monoisotopic (exact) mass is 534 g/mol. The Labute approximate surface area is 231 Å². The highest BCUT2D eigenvalue weighted by molar-refractivity contribution is 5.98. The van der Waals surface area contributed by atoms with E-state index in [-0.39, 0.29) is 18.5 Å². The van der Waals surface area contributed by atoms with Crippen molar-refractivity contribution in [3.63, 3.8) is 0 Å². The van der Waals surface area contributed by atoms with Crippen LogP contribution in [0.3, 0.4) is 0 Å². The lowest BCUT2D eigenvalue weighted by atomic mass is 10.1. The molecule has 2 aromatic heterocycles. The summed E-state index contributed by atoms with van der Waals surface area (Å²) in [6.45, 7) is 1.73. The van der Waals surface area contributed by atoms with Crippen molar-refractivity contribution in [1.29, 1.82) is 0 Å². The number of hydrogen-bond acceptors (Lipinski definition) is 8. The summed E-state index contributed by atoms with van der Waals surface area (Å²) in [6.07, 6.45) is 3.30. The average molecular weight is 535 g/mol. The molecule has 0 saturated carbocycles. The van der Waals surface area contributed by atoms with Crippen molar-refractivity contribution in [2.24, 2.45) is 0 Å². The van der Waals surface area contributed by atoms with Gasteiger partial charge in [-0.15, -0.1) is 0 Å². The largest absolute Gasteiger partial charge is 0.457 e. The molecule has 40 heavy (non-hydrogen) atoms. The van der Waals surface area contributed by atoms with Crippen LogP contribution >= 0.6 is 0 Å². The number of carbonyl (C=O) groups is 1. The predicted octanol–water partition coefficient (Wildman–Crippen LogP) is 4.73.